The van der Waals surface area contributed by atoms with Crippen molar-refractivity contribution >= 4 is 17.2 Å². The van der Waals surface area contributed by atoms with Crippen LogP contribution >= 0.6 is 11.3 Å². The van der Waals surface area contributed by atoms with Crippen molar-refractivity contribution in [3.63, 3.8) is 0 Å². The molecule has 0 bridgehead atoms. The molecule has 0 saturated heterocycles. The SMILES string of the molecule is CN(CCc1ccncc1)C(=O)c1csc(-c2ccccc2)n1. The van der Waals surface area contributed by atoms with E-state index in [9.17, 15) is 4.79 Å². The predicted octanol–water partition coefficient (Wildman–Crippen LogP) is 3.52. The van der Waals surface area contributed by atoms with Gasteiger partial charge in [-0.15, -0.1) is 11.3 Å². The summed E-state index contributed by atoms with van der Waals surface area (Å²) in [4.78, 5) is 22.7. The van der Waals surface area contributed by atoms with Crippen molar-refractivity contribution in [3.05, 3.63) is 71.5 Å². The minimum absolute atomic E-state index is 0.0440. The summed E-state index contributed by atoms with van der Waals surface area (Å²) in [6.45, 7) is 0.654. The average molecular weight is 323 g/mol. The fourth-order valence-electron chi connectivity index (χ4n) is 2.23. The van der Waals surface area contributed by atoms with Gasteiger partial charge in [0, 0.05) is 36.9 Å². The molecule has 0 atom stereocenters. The van der Waals surface area contributed by atoms with E-state index in [1.54, 1.807) is 17.3 Å². The number of hydrogen-bond donors (Lipinski definition) is 0. The Morgan fingerprint density at radius 3 is 2.61 bits per heavy atom. The summed E-state index contributed by atoms with van der Waals surface area (Å²) >= 11 is 1.50. The molecule has 0 aliphatic rings. The summed E-state index contributed by atoms with van der Waals surface area (Å²) in [5.41, 5.74) is 2.71. The molecule has 0 saturated carbocycles. The van der Waals surface area contributed by atoms with Crippen LogP contribution in [0.3, 0.4) is 0 Å². The molecule has 0 radical (unpaired) electrons. The Kier molecular flexibility index (Phi) is 4.78. The highest BCUT2D eigenvalue weighted by molar-refractivity contribution is 7.13. The molecule has 5 heteroatoms. The lowest BCUT2D eigenvalue weighted by Crippen LogP contribution is -2.29. The largest absolute Gasteiger partial charge is 0.340 e. The van der Waals surface area contributed by atoms with Crippen LogP contribution in [0.5, 0.6) is 0 Å². The van der Waals surface area contributed by atoms with Crippen molar-refractivity contribution in [1.29, 1.82) is 0 Å². The van der Waals surface area contributed by atoms with E-state index < -0.39 is 0 Å². The van der Waals surface area contributed by atoms with Gasteiger partial charge in [0.2, 0.25) is 0 Å². The van der Waals surface area contributed by atoms with E-state index in [1.807, 2.05) is 54.9 Å². The molecule has 3 aromatic rings. The molecule has 23 heavy (non-hydrogen) atoms. The van der Waals surface area contributed by atoms with Crippen molar-refractivity contribution < 1.29 is 4.79 Å². The van der Waals surface area contributed by atoms with Crippen LogP contribution in [0.2, 0.25) is 0 Å². The highest BCUT2D eigenvalue weighted by atomic mass is 32.1. The molecular weight excluding hydrogens is 306 g/mol. The monoisotopic (exact) mass is 323 g/mol. The van der Waals surface area contributed by atoms with E-state index in [-0.39, 0.29) is 5.91 Å². The number of carbonyl (C=O) groups is 1. The first-order chi connectivity index (χ1) is 11.2. The molecule has 1 aromatic carbocycles. The lowest BCUT2D eigenvalue weighted by Gasteiger charge is -2.15. The summed E-state index contributed by atoms with van der Waals surface area (Å²) in [7, 11) is 1.81. The number of aromatic nitrogens is 2. The Balaban J connectivity index is 1.65. The third-order valence-electron chi connectivity index (χ3n) is 3.58. The molecule has 0 aliphatic carbocycles. The first-order valence-electron chi connectivity index (χ1n) is 7.39. The van der Waals surface area contributed by atoms with Crippen LogP contribution in [0, 0.1) is 0 Å². The average Bonchev–Trinajstić information content (AvgIpc) is 3.11. The Bertz CT molecular complexity index is 771. The molecule has 2 aromatic heterocycles. The first-order valence-corrected chi connectivity index (χ1v) is 8.27. The molecule has 0 fully saturated rings. The topological polar surface area (TPSA) is 46.1 Å². The normalized spacial score (nSPS) is 10.5. The minimum atomic E-state index is -0.0440. The van der Waals surface area contributed by atoms with Crippen LogP contribution in [0.1, 0.15) is 16.1 Å². The Morgan fingerprint density at radius 2 is 1.87 bits per heavy atom. The molecular formula is C18H17N3OS. The second kappa shape index (κ2) is 7.15. The van der Waals surface area contributed by atoms with Crippen molar-refractivity contribution in [2.24, 2.45) is 0 Å². The van der Waals surface area contributed by atoms with Crippen LogP contribution in [0.25, 0.3) is 10.6 Å². The van der Waals surface area contributed by atoms with Crippen LogP contribution < -0.4 is 0 Å². The summed E-state index contributed by atoms with van der Waals surface area (Å²) < 4.78 is 0. The van der Waals surface area contributed by atoms with Gasteiger partial charge in [-0.05, 0) is 24.1 Å². The van der Waals surface area contributed by atoms with E-state index in [1.165, 1.54) is 16.9 Å². The highest BCUT2D eigenvalue weighted by Gasteiger charge is 2.15. The first kappa shape index (κ1) is 15.4. The fourth-order valence-corrected chi connectivity index (χ4v) is 3.03. The van der Waals surface area contributed by atoms with E-state index in [4.69, 9.17) is 0 Å². The standard InChI is InChI=1S/C18H17N3OS/c1-21(12-9-14-7-10-19-11-8-14)18(22)16-13-23-17(20-16)15-5-3-2-4-6-15/h2-8,10-11,13H,9,12H2,1H3. The zero-order valence-electron chi connectivity index (χ0n) is 12.8. The van der Waals surface area contributed by atoms with E-state index in [0.717, 1.165) is 17.0 Å². The van der Waals surface area contributed by atoms with Gasteiger partial charge in [-0.25, -0.2) is 4.98 Å². The molecule has 1 amide bonds. The third kappa shape index (κ3) is 3.81. The van der Waals surface area contributed by atoms with Gasteiger partial charge in [0.05, 0.1) is 0 Å². The van der Waals surface area contributed by atoms with Crippen molar-refractivity contribution in [3.8, 4) is 10.6 Å². The van der Waals surface area contributed by atoms with Gasteiger partial charge in [-0.1, -0.05) is 30.3 Å². The van der Waals surface area contributed by atoms with Crippen LogP contribution in [0.4, 0.5) is 0 Å². The second-order valence-electron chi connectivity index (χ2n) is 5.24. The number of thiazole rings is 1. The lowest BCUT2D eigenvalue weighted by molar-refractivity contribution is 0.0792. The fraction of sp³-hybridized carbons (Fsp3) is 0.167. The van der Waals surface area contributed by atoms with Gasteiger partial charge < -0.3 is 4.90 Å². The van der Waals surface area contributed by atoms with E-state index in [0.29, 0.717) is 12.2 Å². The summed E-state index contributed by atoms with van der Waals surface area (Å²) in [6, 6.07) is 13.8. The summed E-state index contributed by atoms with van der Waals surface area (Å²) in [6.07, 6.45) is 4.34. The number of nitrogens with zero attached hydrogens (tertiary/aromatic N) is 3. The number of benzene rings is 1. The number of hydrogen-bond acceptors (Lipinski definition) is 4. The molecule has 2 heterocycles. The zero-order chi connectivity index (χ0) is 16.1. The van der Waals surface area contributed by atoms with Gasteiger partial charge in [0.25, 0.3) is 5.91 Å². The second-order valence-corrected chi connectivity index (χ2v) is 6.09. The molecule has 4 nitrogen and oxygen atoms in total. The maximum absolute atomic E-state index is 12.5. The Labute approximate surface area is 139 Å². The number of carbonyl (C=O) groups excluding carboxylic acids is 1. The van der Waals surface area contributed by atoms with Gasteiger partial charge in [0.1, 0.15) is 10.7 Å². The number of likely N-dealkylation sites (N-methyl/N-ethyl adjacent to an activating group) is 1. The van der Waals surface area contributed by atoms with Gasteiger partial charge in [0.15, 0.2) is 0 Å². The van der Waals surface area contributed by atoms with Crippen molar-refractivity contribution in [2.45, 2.75) is 6.42 Å². The maximum atomic E-state index is 12.5. The van der Waals surface area contributed by atoms with Crippen LogP contribution in [-0.2, 0) is 6.42 Å². The predicted molar refractivity (Wildman–Crippen MR) is 92.5 cm³/mol. The van der Waals surface area contributed by atoms with Gasteiger partial charge in [-0.2, -0.15) is 0 Å². The van der Waals surface area contributed by atoms with Crippen molar-refractivity contribution in [1.82, 2.24) is 14.9 Å². The number of amides is 1. The minimum Gasteiger partial charge on any atom is -0.340 e. The van der Waals surface area contributed by atoms with Crippen molar-refractivity contribution in [2.75, 3.05) is 13.6 Å². The molecule has 116 valence electrons. The quantitative estimate of drug-likeness (QED) is 0.722. The highest BCUT2D eigenvalue weighted by Crippen LogP contribution is 2.23. The van der Waals surface area contributed by atoms with E-state index >= 15 is 0 Å². The molecule has 0 aliphatic heterocycles. The Morgan fingerprint density at radius 1 is 1.13 bits per heavy atom. The number of rotatable bonds is 5. The summed E-state index contributed by atoms with van der Waals surface area (Å²) in [5, 5.41) is 2.70. The van der Waals surface area contributed by atoms with Gasteiger partial charge >= 0.3 is 0 Å². The molecule has 0 spiro atoms. The van der Waals surface area contributed by atoms with Crippen LogP contribution in [0.15, 0.2) is 60.2 Å². The maximum Gasteiger partial charge on any atom is 0.273 e. The molecule has 0 N–H and O–H groups in total. The lowest BCUT2D eigenvalue weighted by atomic mass is 10.2. The van der Waals surface area contributed by atoms with Gasteiger partial charge in [-0.3, -0.25) is 9.78 Å². The summed E-state index contributed by atoms with van der Waals surface area (Å²) in [5.74, 6) is -0.0440. The molecule has 0 unspecified atom stereocenters. The third-order valence-corrected chi connectivity index (χ3v) is 4.47. The Hall–Kier alpha value is -2.53. The van der Waals surface area contributed by atoms with Crippen LogP contribution in [-0.4, -0.2) is 34.4 Å². The zero-order valence-corrected chi connectivity index (χ0v) is 13.7. The van der Waals surface area contributed by atoms with E-state index in [2.05, 4.69) is 9.97 Å². The molecule has 3 rings (SSSR count). The number of pyridine rings is 1. The smallest absolute Gasteiger partial charge is 0.273 e.